The summed E-state index contributed by atoms with van der Waals surface area (Å²) in [6, 6.07) is 6.51. The molecule has 1 amide bonds. The lowest BCUT2D eigenvalue weighted by Gasteiger charge is -2.24. The molecule has 0 aliphatic heterocycles. The van der Waals surface area contributed by atoms with Crippen LogP contribution in [0.1, 0.15) is 53.8 Å². The van der Waals surface area contributed by atoms with E-state index in [4.69, 9.17) is 4.52 Å². The summed E-state index contributed by atoms with van der Waals surface area (Å²) in [4.78, 5) is 25.0. The van der Waals surface area contributed by atoms with Crippen molar-refractivity contribution in [1.82, 2.24) is 25.4 Å². The molecular formula is C22H23F3N6O2. The molecule has 3 aromatic rings. The van der Waals surface area contributed by atoms with Gasteiger partial charge in [0, 0.05) is 12.1 Å². The summed E-state index contributed by atoms with van der Waals surface area (Å²) in [5.41, 5.74) is 0.142. The second kappa shape index (κ2) is 9.16. The zero-order valence-corrected chi connectivity index (χ0v) is 18.1. The molecule has 0 saturated heterocycles. The summed E-state index contributed by atoms with van der Waals surface area (Å²) in [5.74, 6) is 0.726. The fourth-order valence-corrected chi connectivity index (χ4v) is 3.93. The summed E-state index contributed by atoms with van der Waals surface area (Å²) in [6.07, 6.45) is -1.22. The van der Waals surface area contributed by atoms with E-state index in [9.17, 15) is 18.0 Å². The van der Waals surface area contributed by atoms with E-state index in [0.29, 0.717) is 29.2 Å². The number of hydrogen-bond acceptors (Lipinski definition) is 7. The van der Waals surface area contributed by atoms with E-state index in [1.807, 2.05) is 0 Å². The van der Waals surface area contributed by atoms with Crippen LogP contribution in [0.2, 0.25) is 0 Å². The molecule has 2 aromatic heterocycles. The van der Waals surface area contributed by atoms with Crippen LogP contribution < -0.4 is 10.6 Å². The second-order valence-electron chi connectivity index (χ2n) is 7.86. The molecule has 33 heavy (non-hydrogen) atoms. The summed E-state index contributed by atoms with van der Waals surface area (Å²) in [7, 11) is 0. The van der Waals surface area contributed by atoms with Crippen molar-refractivity contribution in [3.63, 3.8) is 0 Å². The molecule has 1 aliphatic rings. The molecule has 0 spiro atoms. The zero-order chi connectivity index (χ0) is 23.6. The van der Waals surface area contributed by atoms with E-state index in [2.05, 4.69) is 30.7 Å². The fraction of sp³-hybridized carbons (Fsp3) is 0.409. The van der Waals surface area contributed by atoms with Gasteiger partial charge in [-0.2, -0.15) is 18.2 Å². The Morgan fingerprint density at radius 1 is 1.18 bits per heavy atom. The molecule has 1 aromatic carbocycles. The van der Waals surface area contributed by atoms with Gasteiger partial charge in [-0.1, -0.05) is 24.2 Å². The first-order valence-electron chi connectivity index (χ1n) is 10.7. The van der Waals surface area contributed by atoms with Crippen LogP contribution in [0.3, 0.4) is 0 Å². The van der Waals surface area contributed by atoms with Crippen molar-refractivity contribution >= 4 is 11.7 Å². The Bertz CT molecular complexity index is 1150. The van der Waals surface area contributed by atoms with Crippen LogP contribution in [-0.2, 0) is 12.6 Å². The molecule has 1 saturated carbocycles. The number of nitrogens with zero attached hydrogens (tertiary/aromatic N) is 4. The summed E-state index contributed by atoms with van der Waals surface area (Å²) >= 11 is 0. The molecule has 0 bridgehead atoms. The van der Waals surface area contributed by atoms with Crippen molar-refractivity contribution in [3.8, 4) is 11.5 Å². The SMILES string of the molecule is CCc1nc(C(F)(F)F)cnc1N[C@H]1CCCC1NC(=O)c1ccccc1-c1nc(C)no1. The number of carbonyl (C=O) groups excluding carboxylic acids is 1. The second-order valence-corrected chi connectivity index (χ2v) is 7.86. The average molecular weight is 460 g/mol. The number of hydrogen-bond donors (Lipinski definition) is 2. The first kappa shape index (κ1) is 22.7. The lowest BCUT2D eigenvalue weighted by Crippen LogP contribution is -2.43. The summed E-state index contributed by atoms with van der Waals surface area (Å²) in [6.45, 7) is 3.42. The van der Waals surface area contributed by atoms with Crippen LogP contribution in [0.15, 0.2) is 35.0 Å². The predicted molar refractivity (Wildman–Crippen MR) is 113 cm³/mol. The van der Waals surface area contributed by atoms with Crippen molar-refractivity contribution in [2.75, 3.05) is 5.32 Å². The molecule has 0 radical (unpaired) electrons. The third kappa shape index (κ3) is 4.96. The number of halogens is 3. The van der Waals surface area contributed by atoms with Gasteiger partial charge in [-0.15, -0.1) is 0 Å². The van der Waals surface area contributed by atoms with Gasteiger partial charge in [0.2, 0.25) is 0 Å². The predicted octanol–water partition coefficient (Wildman–Crippen LogP) is 4.18. The van der Waals surface area contributed by atoms with Crippen molar-refractivity contribution in [3.05, 3.63) is 53.2 Å². The number of nitrogens with one attached hydrogen (secondary N) is 2. The number of amides is 1. The minimum absolute atomic E-state index is 0.192. The number of rotatable bonds is 6. The highest BCUT2D eigenvalue weighted by atomic mass is 19.4. The highest BCUT2D eigenvalue weighted by molar-refractivity contribution is 6.00. The van der Waals surface area contributed by atoms with Crippen LogP contribution in [-0.4, -0.2) is 38.1 Å². The number of benzene rings is 1. The highest BCUT2D eigenvalue weighted by Gasteiger charge is 2.35. The van der Waals surface area contributed by atoms with Crippen molar-refractivity contribution < 1.29 is 22.5 Å². The monoisotopic (exact) mass is 460 g/mol. The van der Waals surface area contributed by atoms with Crippen LogP contribution >= 0.6 is 0 Å². The third-order valence-electron chi connectivity index (χ3n) is 5.55. The first-order chi connectivity index (χ1) is 15.8. The quantitative estimate of drug-likeness (QED) is 0.568. The molecule has 1 aliphatic carbocycles. The maximum absolute atomic E-state index is 13.1. The van der Waals surface area contributed by atoms with E-state index in [1.54, 1.807) is 38.1 Å². The minimum Gasteiger partial charge on any atom is -0.364 e. The van der Waals surface area contributed by atoms with Crippen LogP contribution in [0, 0.1) is 6.92 Å². The molecule has 8 nitrogen and oxygen atoms in total. The van der Waals surface area contributed by atoms with Gasteiger partial charge in [0.15, 0.2) is 11.5 Å². The first-order valence-corrected chi connectivity index (χ1v) is 10.7. The molecule has 1 unspecified atom stereocenters. The van der Waals surface area contributed by atoms with E-state index < -0.39 is 11.9 Å². The maximum atomic E-state index is 13.1. The number of alkyl halides is 3. The molecule has 174 valence electrons. The van der Waals surface area contributed by atoms with Gasteiger partial charge >= 0.3 is 6.18 Å². The van der Waals surface area contributed by atoms with Gasteiger partial charge in [0.05, 0.1) is 23.0 Å². The van der Waals surface area contributed by atoms with Gasteiger partial charge in [-0.05, 0) is 44.7 Å². The van der Waals surface area contributed by atoms with Crippen molar-refractivity contribution in [1.29, 1.82) is 0 Å². The largest absolute Gasteiger partial charge is 0.434 e. The topological polar surface area (TPSA) is 106 Å². The lowest BCUT2D eigenvalue weighted by molar-refractivity contribution is -0.141. The van der Waals surface area contributed by atoms with Crippen LogP contribution in [0.5, 0.6) is 0 Å². The van der Waals surface area contributed by atoms with Crippen LogP contribution in [0.25, 0.3) is 11.5 Å². The zero-order valence-electron chi connectivity index (χ0n) is 18.1. The van der Waals surface area contributed by atoms with Gasteiger partial charge in [0.1, 0.15) is 5.82 Å². The Hall–Kier alpha value is -3.50. The molecule has 1 fully saturated rings. The van der Waals surface area contributed by atoms with Gasteiger partial charge in [0.25, 0.3) is 11.8 Å². The molecule has 2 N–H and O–H groups in total. The Kier molecular flexibility index (Phi) is 6.30. The lowest BCUT2D eigenvalue weighted by atomic mass is 10.1. The Labute approximate surface area is 188 Å². The van der Waals surface area contributed by atoms with E-state index in [-0.39, 0.29) is 29.6 Å². The summed E-state index contributed by atoms with van der Waals surface area (Å²) in [5, 5.41) is 10.0. The smallest absolute Gasteiger partial charge is 0.364 e. The Morgan fingerprint density at radius 2 is 1.94 bits per heavy atom. The Morgan fingerprint density at radius 3 is 2.64 bits per heavy atom. The van der Waals surface area contributed by atoms with Crippen molar-refractivity contribution in [2.45, 2.75) is 57.8 Å². The number of anilines is 1. The standard InChI is InChI=1S/C22H23F3N6O2/c1-3-15-19(26-11-18(28-15)22(23,24)25)29-16-9-6-10-17(16)30-20(32)13-7-4-5-8-14(13)21-27-12(2)31-33-21/h4-5,7-8,11,16-17H,3,6,9-10H2,1-2H3,(H,26,29)(H,30,32)/t16-,17?/m0/s1. The Balaban J connectivity index is 1.51. The highest BCUT2D eigenvalue weighted by Crippen LogP contribution is 2.30. The van der Waals surface area contributed by atoms with E-state index in [1.165, 1.54) is 0 Å². The normalized spacial score (nSPS) is 18.3. The van der Waals surface area contributed by atoms with Crippen LogP contribution in [0.4, 0.5) is 19.0 Å². The number of carbonyl (C=O) groups is 1. The molecule has 4 rings (SSSR count). The van der Waals surface area contributed by atoms with E-state index >= 15 is 0 Å². The van der Waals surface area contributed by atoms with Gasteiger partial charge in [-0.3, -0.25) is 4.79 Å². The molecule has 2 atom stereocenters. The minimum atomic E-state index is -4.55. The van der Waals surface area contributed by atoms with E-state index in [0.717, 1.165) is 25.5 Å². The van der Waals surface area contributed by atoms with Crippen molar-refractivity contribution in [2.24, 2.45) is 0 Å². The summed E-state index contributed by atoms with van der Waals surface area (Å²) < 4.78 is 44.2. The van der Waals surface area contributed by atoms with Gasteiger partial charge in [-0.25, -0.2) is 9.97 Å². The molecular weight excluding hydrogens is 437 g/mol. The third-order valence-corrected chi connectivity index (χ3v) is 5.55. The number of aromatic nitrogens is 4. The molecule has 11 heteroatoms. The number of aryl methyl sites for hydroxylation is 2. The van der Waals surface area contributed by atoms with Gasteiger partial charge < -0.3 is 15.2 Å². The molecule has 2 heterocycles. The fourth-order valence-electron chi connectivity index (χ4n) is 3.93. The average Bonchev–Trinajstić information content (AvgIpc) is 3.42. The maximum Gasteiger partial charge on any atom is 0.434 e.